The zero-order valence-electron chi connectivity index (χ0n) is 20.0. The van der Waals surface area contributed by atoms with Gasteiger partial charge in [0.1, 0.15) is 11.9 Å². The summed E-state index contributed by atoms with van der Waals surface area (Å²) in [6.45, 7) is 3.64. The fourth-order valence-electron chi connectivity index (χ4n) is 5.96. The van der Waals surface area contributed by atoms with E-state index in [-0.39, 0.29) is 47.9 Å². The minimum absolute atomic E-state index is 0.00509. The van der Waals surface area contributed by atoms with E-state index >= 15 is 8.78 Å². The van der Waals surface area contributed by atoms with Crippen molar-refractivity contribution in [1.82, 2.24) is 15.5 Å². The predicted molar refractivity (Wildman–Crippen MR) is 131 cm³/mol. The molecule has 1 aromatic carbocycles. The van der Waals surface area contributed by atoms with Gasteiger partial charge < -0.3 is 20.6 Å². The molecule has 1 aliphatic carbocycles. The molecule has 2 heterocycles. The number of fused-ring (bicyclic) bond motifs is 3. The van der Waals surface area contributed by atoms with Crippen LogP contribution in [0.1, 0.15) is 32.6 Å². The highest BCUT2D eigenvalue weighted by Crippen LogP contribution is 2.46. The van der Waals surface area contributed by atoms with Crippen molar-refractivity contribution in [1.29, 1.82) is 0 Å². The van der Waals surface area contributed by atoms with Crippen molar-refractivity contribution in [2.45, 2.75) is 56.4 Å². The van der Waals surface area contributed by atoms with Crippen LogP contribution in [0.4, 0.5) is 29.3 Å². The summed E-state index contributed by atoms with van der Waals surface area (Å²) in [5.74, 6) is -1.97. The van der Waals surface area contributed by atoms with Gasteiger partial charge in [0.25, 0.3) is 0 Å². The average molecular weight is 518 g/mol. The molecule has 2 amide bonds. The maximum atomic E-state index is 15.5. The molecule has 3 fully saturated rings. The molecule has 35 heavy (non-hydrogen) atoms. The molecule has 0 aromatic heterocycles. The Morgan fingerprint density at radius 2 is 1.89 bits per heavy atom. The van der Waals surface area contributed by atoms with Crippen LogP contribution in [0, 0.1) is 23.5 Å². The Morgan fingerprint density at radius 1 is 1.14 bits per heavy atom. The number of hydrogen-bond donors (Lipinski definition) is 4. The van der Waals surface area contributed by atoms with Crippen molar-refractivity contribution in [3.8, 4) is 0 Å². The van der Waals surface area contributed by atoms with Crippen LogP contribution in [0.15, 0.2) is 12.1 Å². The molecular weight excluding hydrogens is 483 g/mol. The number of aliphatic hydroxyl groups is 1. The molecule has 196 valence electrons. The van der Waals surface area contributed by atoms with Crippen LogP contribution in [0.25, 0.3) is 0 Å². The summed E-state index contributed by atoms with van der Waals surface area (Å²) >= 11 is 6.50. The van der Waals surface area contributed by atoms with Gasteiger partial charge in [0.2, 0.25) is 0 Å². The van der Waals surface area contributed by atoms with E-state index in [0.29, 0.717) is 45.4 Å². The first-order chi connectivity index (χ1) is 16.8. The van der Waals surface area contributed by atoms with E-state index in [1.807, 2.05) is 6.92 Å². The van der Waals surface area contributed by atoms with Crippen molar-refractivity contribution in [3.05, 3.63) is 23.8 Å². The summed E-state index contributed by atoms with van der Waals surface area (Å²) in [6.07, 6.45) is 0.667. The summed E-state index contributed by atoms with van der Waals surface area (Å²) in [5, 5.41) is 17.7. The van der Waals surface area contributed by atoms with Gasteiger partial charge in [-0.05, 0) is 50.7 Å². The van der Waals surface area contributed by atoms with Crippen LogP contribution in [-0.2, 0) is 0 Å². The summed E-state index contributed by atoms with van der Waals surface area (Å²) in [7, 11) is 0. The summed E-state index contributed by atoms with van der Waals surface area (Å²) in [6, 6.07) is 1.37. The third-order valence-corrected chi connectivity index (χ3v) is 7.87. The lowest BCUT2D eigenvalue weighted by atomic mass is 9.71. The molecule has 0 spiro atoms. The number of nitrogens with one attached hydrogen (secondary N) is 3. The van der Waals surface area contributed by atoms with Gasteiger partial charge >= 0.3 is 6.03 Å². The Morgan fingerprint density at radius 3 is 2.57 bits per heavy atom. The first-order valence-corrected chi connectivity index (χ1v) is 12.9. The third-order valence-electron chi connectivity index (χ3n) is 7.47. The number of amides is 2. The smallest absolute Gasteiger partial charge is 0.326 e. The lowest BCUT2D eigenvalue weighted by molar-refractivity contribution is 0.0468. The molecule has 6 atom stereocenters. The molecule has 2 saturated heterocycles. The van der Waals surface area contributed by atoms with Gasteiger partial charge in [-0.2, -0.15) is 0 Å². The molecule has 2 aliphatic heterocycles. The molecular formula is C24H35ClF3N5O2. The van der Waals surface area contributed by atoms with Crippen molar-refractivity contribution in [2.24, 2.45) is 11.8 Å². The number of carbonyl (C=O) groups is 1. The topological polar surface area (TPSA) is 79.9 Å². The summed E-state index contributed by atoms with van der Waals surface area (Å²) < 4.78 is 45.5. The normalized spacial score (nSPS) is 31.1. The minimum atomic E-state index is -1.03. The van der Waals surface area contributed by atoms with Crippen LogP contribution in [0.2, 0.25) is 0 Å². The van der Waals surface area contributed by atoms with Crippen molar-refractivity contribution in [3.63, 3.8) is 0 Å². The number of alkyl halides is 2. The molecule has 11 heteroatoms. The van der Waals surface area contributed by atoms with Crippen LogP contribution < -0.4 is 20.9 Å². The van der Waals surface area contributed by atoms with Gasteiger partial charge in [-0.15, -0.1) is 11.6 Å². The number of hydrogen-bond acceptors (Lipinski definition) is 5. The zero-order chi connectivity index (χ0) is 25.1. The van der Waals surface area contributed by atoms with Crippen molar-refractivity contribution < 1.29 is 23.1 Å². The predicted octanol–water partition coefficient (Wildman–Crippen LogP) is 3.27. The van der Waals surface area contributed by atoms with Crippen molar-refractivity contribution in [2.75, 3.05) is 49.5 Å². The van der Waals surface area contributed by atoms with E-state index in [0.717, 1.165) is 6.42 Å². The monoisotopic (exact) mass is 517 g/mol. The van der Waals surface area contributed by atoms with E-state index in [1.165, 1.54) is 17.0 Å². The summed E-state index contributed by atoms with van der Waals surface area (Å²) in [5.41, 5.74) is -0.121. The van der Waals surface area contributed by atoms with Crippen molar-refractivity contribution >= 4 is 29.0 Å². The maximum absolute atomic E-state index is 15.5. The van der Waals surface area contributed by atoms with Gasteiger partial charge in [0.15, 0.2) is 11.6 Å². The van der Waals surface area contributed by atoms with E-state index in [2.05, 4.69) is 16.0 Å². The molecule has 4 rings (SSSR count). The molecule has 0 radical (unpaired) electrons. The highest BCUT2D eigenvalue weighted by Gasteiger charge is 2.52. The van der Waals surface area contributed by atoms with Gasteiger partial charge in [0, 0.05) is 55.7 Å². The fraction of sp³-hybridized carbons (Fsp3) is 0.708. The number of urea groups is 1. The largest absolute Gasteiger partial charge is 0.395 e. The first-order valence-electron chi connectivity index (χ1n) is 12.5. The summed E-state index contributed by atoms with van der Waals surface area (Å²) in [4.78, 5) is 16.7. The Hall–Kier alpha value is -1.75. The number of anilines is 2. The SMILES string of the molecule is CCN1C(=O)N(c2c(F)cc(NCCNCCO)cc2F)C2CC(Cl)CCC2C2CC(F)CNC21. The van der Waals surface area contributed by atoms with E-state index in [9.17, 15) is 9.18 Å². The molecule has 1 saturated carbocycles. The Bertz CT molecular complexity index is 874. The van der Waals surface area contributed by atoms with Crippen LogP contribution >= 0.6 is 11.6 Å². The maximum Gasteiger partial charge on any atom is 0.326 e. The van der Waals surface area contributed by atoms with Crippen LogP contribution in [0.5, 0.6) is 0 Å². The quantitative estimate of drug-likeness (QED) is 0.314. The minimum Gasteiger partial charge on any atom is -0.395 e. The number of nitrogens with zero attached hydrogens (tertiary/aromatic N) is 2. The van der Waals surface area contributed by atoms with Crippen LogP contribution in [0.3, 0.4) is 0 Å². The van der Waals surface area contributed by atoms with E-state index < -0.39 is 29.9 Å². The molecule has 1 aromatic rings. The third kappa shape index (κ3) is 5.50. The lowest BCUT2D eigenvalue weighted by Crippen LogP contribution is -2.58. The lowest BCUT2D eigenvalue weighted by Gasteiger charge is -2.44. The van der Waals surface area contributed by atoms with Crippen LogP contribution in [-0.4, -0.2) is 79.1 Å². The zero-order valence-corrected chi connectivity index (χ0v) is 20.7. The second-order valence-electron chi connectivity index (χ2n) is 9.62. The number of carbonyl (C=O) groups excluding carboxylic acids is 1. The second kappa shape index (κ2) is 11.5. The number of halogens is 4. The van der Waals surface area contributed by atoms with Gasteiger partial charge in [-0.3, -0.25) is 10.2 Å². The van der Waals surface area contributed by atoms with Gasteiger partial charge in [-0.25, -0.2) is 18.0 Å². The first kappa shape index (κ1) is 26.3. The Labute approximate surface area is 209 Å². The van der Waals surface area contributed by atoms with E-state index in [1.54, 1.807) is 4.90 Å². The Kier molecular flexibility index (Phi) is 8.67. The molecule has 4 N–H and O–H groups in total. The second-order valence-corrected chi connectivity index (χ2v) is 10.2. The van der Waals surface area contributed by atoms with Gasteiger partial charge in [-0.1, -0.05) is 0 Å². The number of aliphatic hydroxyl groups excluding tert-OH is 1. The molecule has 7 nitrogen and oxygen atoms in total. The number of benzene rings is 1. The molecule has 0 bridgehead atoms. The number of rotatable bonds is 8. The highest BCUT2D eigenvalue weighted by molar-refractivity contribution is 6.20. The Balaban J connectivity index is 1.68. The standard InChI is InChI=1S/C24H35ClF3N5O2/c1-2-32-23-18(10-15(26)13-31-23)17-4-3-14(25)9-21(17)33(24(32)35)22-19(27)11-16(12-20(22)28)30-6-5-29-7-8-34/h11-12,14-15,17-18,21,23,29-31,34H,2-10,13H2,1H3. The molecule has 6 unspecified atom stereocenters. The van der Waals surface area contributed by atoms with Gasteiger partial charge in [0.05, 0.1) is 12.8 Å². The molecule has 3 aliphatic rings. The fourth-order valence-corrected chi connectivity index (χ4v) is 6.27. The van der Waals surface area contributed by atoms with E-state index in [4.69, 9.17) is 16.7 Å². The highest BCUT2D eigenvalue weighted by atomic mass is 35.5. The number of piperidine rings is 1. The average Bonchev–Trinajstić information content (AvgIpc) is 2.91.